The second kappa shape index (κ2) is 5.50. The van der Waals surface area contributed by atoms with Gasteiger partial charge in [-0.1, -0.05) is 0 Å². The second-order valence-electron chi connectivity index (χ2n) is 2.98. The summed E-state index contributed by atoms with van der Waals surface area (Å²) in [6.45, 7) is -2.09. The summed E-state index contributed by atoms with van der Waals surface area (Å²) in [5.41, 5.74) is -0.173. The first-order chi connectivity index (χ1) is 7.92. The van der Waals surface area contributed by atoms with E-state index >= 15 is 0 Å². The number of nitrogens with zero attached hydrogens (tertiary/aromatic N) is 1. The van der Waals surface area contributed by atoms with E-state index in [0.29, 0.717) is 0 Å². The minimum Gasteiger partial charge on any atom is -0.467 e. The Hall–Kier alpha value is -1.81. The zero-order valence-corrected chi connectivity index (χ0v) is 8.42. The van der Waals surface area contributed by atoms with Crippen molar-refractivity contribution in [2.24, 2.45) is 0 Å². The number of hydrogen-bond donors (Lipinski definition) is 0. The van der Waals surface area contributed by atoms with E-state index in [2.05, 4.69) is 4.74 Å². The Morgan fingerprint density at radius 1 is 1.29 bits per heavy atom. The standard InChI is InChI=1S/C10H7F4NO2/c11-9-3-8(2-1-7(9)4-15)17-6-16-5-10(12,13)14/h1-3H,5-6H2. The third-order valence-corrected chi connectivity index (χ3v) is 1.64. The Kier molecular flexibility index (Phi) is 4.29. The molecule has 0 N–H and O–H groups in total. The topological polar surface area (TPSA) is 42.2 Å². The smallest absolute Gasteiger partial charge is 0.411 e. The van der Waals surface area contributed by atoms with E-state index in [1.165, 1.54) is 6.07 Å². The highest BCUT2D eigenvalue weighted by Crippen LogP contribution is 2.17. The van der Waals surface area contributed by atoms with Crippen LogP contribution in [-0.4, -0.2) is 19.6 Å². The van der Waals surface area contributed by atoms with E-state index < -0.39 is 25.4 Å². The van der Waals surface area contributed by atoms with Crippen LogP contribution in [0.3, 0.4) is 0 Å². The number of rotatable bonds is 4. The molecule has 1 aromatic rings. The number of hydrogen-bond acceptors (Lipinski definition) is 3. The number of benzene rings is 1. The zero-order valence-electron chi connectivity index (χ0n) is 8.42. The van der Waals surface area contributed by atoms with Crippen LogP contribution in [0.2, 0.25) is 0 Å². The summed E-state index contributed by atoms with van der Waals surface area (Å²) in [6, 6.07) is 4.92. The molecule has 1 rings (SSSR count). The first-order valence-corrected chi connectivity index (χ1v) is 4.39. The van der Waals surface area contributed by atoms with E-state index in [0.717, 1.165) is 12.1 Å². The van der Waals surface area contributed by atoms with Gasteiger partial charge in [-0.25, -0.2) is 4.39 Å². The van der Waals surface area contributed by atoms with Crippen LogP contribution < -0.4 is 4.74 Å². The Balaban J connectivity index is 2.43. The maximum absolute atomic E-state index is 13.0. The normalized spacial score (nSPS) is 11.0. The van der Waals surface area contributed by atoms with Crippen molar-refractivity contribution in [2.75, 3.05) is 13.4 Å². The van der Waals surface area contributed by atoms with Crippen molar-refractivity contribution in [3.8, 4) is 11.8 Å². The lowest BCUT2D eigenvalue weighted by molar-refractivity contribution is -0.186. The fraction of sp³-hybridized carbons (Fsp3) is 0.300. The fourth-order valence-electron chi connectivity index (χ4n) is 0.943. The van der Waals surface area contributed by atoms with E-state index in [-0.39, 0.29) is 11.3 Å². The van der Waals surface area contributed by atoms with Gasteiger partial charge >= 0.3 is 6.18 Å². The number of halogens is 4. The average molecular weight is 249 g/mol. The maximum atomic E-state index is 13.0. The highest BCUT2D eigenvalue weighted by Gasteiger charge is 2.27. The first-order valence-electron chi connectivity index (χ1n) is 4.39. The largest absolute Gasteiger partial charge is 0.467 e. The molecule has 92 valence electrons. The molecule has 0 aliphatic rings. The molecule has 1 aromatic carbocycles. The van der Waals surface area contributed by atoms with Gasteiger partial charge in [-0.15, -0.1) is 0 Å². The average Bonchev–Trinajstić information content (AvgIpc) is 2.23. The van der Waals surface area contributed by atoms with Crippen molar-refractivity contribution >= 4 is 0 Å². The SMILES string of the molecule is N#Cc1ccc(OCOCC(F)(F)F)cc1F. The predicted molar refractivity (Wildman–Crippen MR) is 48.6 cm³/mol. The molecule has 0 bridgehead atoms. The molecule has 0 saturated carbocycles. The number of ether oxygens (including phenoxy) is 2. The molecule has 0 heterocycles. The van der Waals surface area contributed by atoms with Crippen LogP contribution in [0, 0.1) is 17.1 Å². The molecule has 0 saturated heterocycles. The van der Waals surface area contributed by atoms with Crippen molar-refractivity contribution in [3.63, 3.8) is 0 Å². The quantitative estimate of drug-likeness (QED) is 0.468. The van der Waals surface area contributed by atoms with Crippen LogP contribution in [0.5, 0.6) is 5.75 Å². The molecule has 0 unspecified atom stereocenters. The van der Waals surface area contributed by atoms with Crippen LogP contribution in [0.1, 0.15) is 5.56 Å². The Bertz CT molecular complexity index is 425. The lowest BCUT2D eigenvalue weighted by Crippen LogP contribution is -2.19. The third kappa shape index (κ3) is 4.70. The molecule has 7 heteroatoms. The Morgan fingerprint density at radius 3 is 2.53 bits per heavy atom. The molecule has 0 spiro atoms. The molecular weight excluding hydrogens is 242 g/mol. The van der Waals surface area contributed by atoms with Crippen molar-refractivity contribution < 1.29 is 27.0 Å². The van der Waals surface area contributed by atoms with Gasteiger partial charge in [-0.3, -0.25) is 0 Å². The molecule has 0 fully saturated rings. The molecule has 0 atom stereocenters. The van der Waals surface area contributed by atoms with Crippen molar-refractivity contribution in [3.05, 3.63) is 29.6 Å². The van der Waals surface area contributed by atoms with Crippen molar-refractivity contribution in [1.29, 1.82) is 5.26 Å². The molecular formula is C10H7F4NO2. The van der Waals surface area contributed by atoms with Crippen LogP contribution in [0.25, 0.3) is 0 Å². The summed E-state index contributed by atoms with van der Waals surface area (Å²) < 4.78 is 56.9. The molecule has 0 aliphatic heterocycles. The van der Waals surface area contributed by atoms with Crippen molar-refractivity contribution in [2.45, 2.75) is 6.18 Å². The highest BCUT2D eigenvalue weighted by molar-refractivity contribution is 5.36. The molecule has 0 amide bonds. The molecule has 0 aliphatic carbocycles. The van der Waals surface area contributed by atoms with Gasteiger partial charge in [0.1, 0.15) is 24.2 Å². The summed E-state index contributed by atoms with van der Waals surface area (Å²) >= 11 is 0. The first kappa shape index (κ1) is 13.3. The van der Waals surface area contributed by atoms with Gasteiger partial charge in [0.05, 0.1) is 5.56 Å². The van der Waals surface area contributed by atoms with Gasteiger partial charge in [-0.05, 0) is 12.1 Å². The highest BCUT2D eigenvalue weighted by atomic mass is 19.4. The summed E-state index contributed by atoms with van der Waals surface area (Å²) in [6.07, 6.45) is -4.43. The summed E-state index contributed by atoms with van der Waals surface area (Å²) in [4.78, 5) is 0. The number of nitriles is 1. The van der Waals surface area contributed by atoms with Gasteiger partial charge in [0.15, 0.2) is 6.79 Å². The predicted octanol–water partition coefficient (Wildman–Crippen LogP) is 2.61. The molecule has 0 radical (unpaired) electrons. The maximum Gasteiger partial charge on any atom is 0.411 e. The summed E-state index contributed by atoms with van der Waals surface area (Å²) in [7, 11) is 0. The molecule has 0 aromatic heterocycles. The van der Waals surface area contributed by atoms with Gasteiger partial charge in [0.2, 0.25) is 0 Å². The molecule has 17 heavy (non-hydrogen) atoms. The number of alkyl halides is 3. The van der Waals surface area contributed by atoms with E-state index in [9.17, 15) is 17.6 Å². The lowest BCUT2D eigenvalue weighted by Gasteiger charge is -2.09. The van der Waals surface area contributed by atoms with Gasteiger partial charge in [0.25, 0.3) is 0 Å². The van der Waals surface area contributed by atoms with E-state index in [1.807, 2.05) is 0 Å². The third-order valence-electron chi connectivity index (χ3n) is 1.64. The van der Waals surface area contributed by atoms with Gasteiger partial charge in [0, 0.05) is 6.07 Å². The Morgan fingerprint density at radius 2 is 2.00 bits per heavy atom. The zero-order chi connectivity index (χ0) is 12.9. The minimum atomic E-state index is -4.43. The fourth-order valence-corrected chi connectivity index (χ4v) is 0.943. The second-order valence-corrected chi connectivity index (χ2v) is 2.98. The molecule has 3 nitrogen and oxygen atoms in total. The Labute approximate surface area is 94.2 Å². The monoisotopic (exact) mass is 249 g/mol. The van der Waals surface area contributed by atoms with Gasteiger partial charge < -0.3 is 9.47 Å². The summed E-state index contributed by atoms with van der Waals surface area (Å²) in [5.74, 6) is -0.815. The minimum absolute atomic E-state index is 0.0105. The lowest BCUT2D eigenvalue weighted by atomic mass is 10.2. The van der Waals surface area contributed by atoms with Crippen molar-refractivity contribution in [1.82, 2.24) is 0 Å². The van der Waals surface area contributed by atoms with Crippen LogP contribution in [-0.2, 0) is 4.74 Å². The van der Waals surface area contributed by atoms with E-state index in [1.54, 1.807) is 6.07 Å². The van der Waals surface area contributed by atoms with Crippen LogP contribution in [0.4, 0.5) is 17.6 Å². The van der Waals surface area contributed by atoms with Gasteiger partial charge in [-0.2, -0.15) is 18.4 Å². The summed E-state index contributed by atoms with van der Waals surface area (Å²) in [5, 5.41) is 8.43. The van der Waals surface area contributed by atoms with E-state index in [4.69, 9.17) is 10.00 Å². The van der Waals surface area contributed by atoms with Crippen LogP contribution in [0.15, 0.2) is 18.2 Å². The van der Waals surface area contributed by atoms with Crippen LogP contribution >= 0.6 is 0 Å².